The number of hydrazone groups is 1. The van der Waals surface area contributed by atoms with Crippen LogP contribution in [0.1, 0.15) is 34.3 Å². The number of pyridine rings is 1. The van der Waals surface area contributed by atoms with Crippen LogP contribution >= 0.6 is 11.6 Å². The lowest BCUT2D eigenvalue weighted by Gasteiger charge is -2.19. The molecule has 1 aliphatic heterocycles. The number of hydrogen-bond donors (Lipinski definition) is 0. The Balaban J connectivity index is 1.52. The van der Waals surface area contributed by atoms with E-state index in [-0.39, 0.29) is 5.69 Å². The summed E-state index contributed by atoms with van der Waals surface area (Å²) in [5, 5.41) is 6.38. The maximum atomic E-state index is 12.8. The fourth-order valence-electron chi connectivity index (χ4n) is 3.01. The Labute approximate surface area is 171 Å². The van der Waals surface area contributed by atoms with E-state index in [1.54, 1.807) is 42.7 Å². The summed E-state index contributed by atoms with van der Waals surface area (Å²) < 4.78 is 10.6. The maximum Gasteiger partial charge on any atom is 0.357 e. The summed E-state index contributed by atoms with van der Waals surface area (Å²) in [6.07, 6.45) is 3.49. The maximum absolute atomic E-state index is 12.8. The van der Waals surface area contributed by atoms with E-state index in [0.29, 0.717) is 22.9 Å². The number of aromatic nitrogens is 1. The van der Waals surface area contributed by atoms with Gasteiger partial charge in [-0.15, -0.1) is 0 Å². The van der Waals surface area contributed by atoms with Crippen molar-refractivity contribution < 1.29 is 18.7 Å². The van der Waals surface area contributed by atoms with E-state index in [2.05, 4.69) is 10.1 Å². The van der Waals surface area contributed by atoms with E-state index in [1.165, 1.54) is 17.3 Å². The first-order chi connectivity index (χ1) is 14.1. The Bertz CT molecular complexity index is 1030. The molecule has 1 aromatic carbocycles. The van der Waals surface area contributed by atoms with Crippen LogP contribution in [0.4, 0.5) is 0 Å². The average molecular weight is 410 g/mol. The minimum Gasteiger partial charge on any atom is -0.467 e. The molecule has 0 spiro atoms. The van der Waals surface area contributed by atoms with Crippen LogP contribution in [0.5, 0.6) is 0 Å². The zero-order valence-electron chi connectivity index (χ0n) is 15.2. The first-order valence-corrected chi connectivity index (χ1v) is 9.26. The van der Waals surface area contributed by atoms with Gasteiger partial charge in [-0.05, 0) is 42.0 Å². The molecule has 0 N–H and O–H groups in total. The van der Waals surface area contributed by atoms with Crippen molar-refractivity contribution in [2.75, 3.05) is 6.61 Å². The molecule has 3 aromatic rings. The highest BCUT2D eigenvalue weighted by Crippen LogP contribution is 2.33. The molecule has 0 bridgehead atoms. The lowest BCUT2D eigenvalue weighted by atomic mass is 10.0. The average Bonchev–Trinajstić information content (AvgIpc) is 3.43. The lowest BCUT2D eigenvalue weighted by Crippen LogP contribution is -2.31. The molecule has 8 heteroatoms. The predicted octanol–water partition coefficient (Wildman–Crippen LogP) is 3.86. The molecular weight excluding hydrogens is 394 g/mol. The van der Waals surface area contributed by atoms with E-state index in [9.17, 15) is 9.59 Å². The van der Waals surface area contributed by atoms with Gasteiger partial charge in [0, 0.05) is 17.6 Å². The molecule has 7 nitrogen and oxygen atoms in total. The summed E-state index contributed by atoms with van der Waals surface area (Å²) in [6.45, 7) is -0.454. The number of esters is 1. The third-order valence-corrected chi connectivity index (χ3v) is 4.67. The molecule has 0 aliphatic carbocycles. The van der Waals surface area contributed by atoms with Crippen LogP contribution < -0.4 is 0 Å². The fourth-order valence-corrected chi connectivity index (χ4v) is 3.14. The number of rotatable bonds is 5. The van der Waals surface area contributed by atoms with Crippen LogP contribution in [0.2, 0.25) is 5.02 Å². The van der Waals surface area contributed by atoms with Crippen molar-refractivity contribution in [2.24, 2.45) is 5.10 Å². The molecule has 1 atom stereocenters. The lowest BCUT2D eigenvalue weighted by molar-refractivity contribution is -0.136. The van der Waals surface area contributed by atoms with Crippen LogP contribution in [0.3, 0.4) is 0 Å². The monoisotopic (exact) mass is 409 g/mol. The van der Waals surface area contributed by atoms with E-state index in [4.69, 9.17) is 20.8 Å². The molecule has 4 rings (SSSR count). The largest absolute Gasteiger partial charge is 0.467 e. The second kappa shape index (κ2) is 8.28. The van der Waals surface area contributed by atoms with Crippen molar-refractivity contribution in [3.05, 3.63) is 89.1 Å². The van der Waals surface area contributed by atoms with Gasteiger partial charge in [0.25, 0.3) is 5.91 Å². The van der Waals surface area contributed by atoms with Gasteiger partial charge in [-0.3, -0.25) is 4.79 Å². The second-order valence-electron chi connectivity index (χ2n) is 6.32. The summed E-state index contributed by atoms with van der Waals surface area (Å²) in [7, 11) is 0. The minimum atomic E-state index is -0.672. The molecule has 0 saturated carbocycles. The minimum absolute atomic E-state index is 0.134. The van der Waals surface area contributed by atoms with Crippen molar-refractivity contribution in [1.82, 2.24) is 9.99 Å². The van der Waals surface area contributed by atoms with Gasteiger partial charge >= 0.3 is 5.97 Å². The number of carbonyl (C=O) groups excluding carboxylic acids is 2. The molecule has 2 aromatic heterocycles. The number of amides is 1. The summed E-state index contributed by atoms with van der Waals surface area (Å²) in [5.74, 6) is -0.531. The SMILES string of the molecule is O=C(OCC(=O)N1N=C(c2ccc(Cl)cc2)C[C@H]1c1ccco1)c1ccccn1. The molecule has 0 radical (unpaired) electrons. The standard InChI is InChI=1S/C21H16ClN3O4/c22-15-8-6-14(7-9-15)17-12-18(19-5-3-11-28-19)25(24-17)20(26)13-29-21(27)16-4-1-2-10-23-16/h1-11,18H,12-13H2/t18-/m0/s1. The highest BCUT2D eigenvalue weighted by Gasteiger charge is 2.35. The number of halogens is 1. The van der Waals surface area contributed by atoms with Gasteiger partial charge in [0.15, 0.2) is 6.61 Å². The Hall–Kier alpha value is -3.45. The third-order valence-electron chi connectivity index (χ3n) is 4.42. The zero-order valence-corrected chi connectivity index (χ0v) is 16.0. The Kier molecular flexibility index (Phi) is 5.39. The van der Waals surface area contributed by atoms with Crippen molar-refractivity contribution in [3.8, 4) is 0 Å². The van der Waals surface area contributed by atoms with Crippen LogP contribution in [-0.4, -0.2) is 34.2 Å². The Morgan fingerprint density at radius 1 is 1.14 bits per heavy atom. The molecule has 1 amide bonds. The summed E-state index contributed by atoms with van der Waals surface area (Å²) in [4.78, 5) is 28.8. The van der Waals surface area contributed by atoms with Crippen LogP contribution in [0.25, 0.3) is 0 Å². The summed E-state index contributed by atoms with van der Waals surface area (Å²) in [5.41, 5.74) is 1.70. The third kappa shape index (κ3) is 4.20. The topological polar surface area (TPSA) is 85.0 Å². The number of hydrogen-bond acceptors (Lipinski definition) is 6. The normalized spacial score (nSPS) is 15.8. The molecule has 3 heterocycles. The number of benzene rings is 1. The number of furan rings is 1. The molecule has 0 fully saturated rings. The van der Waals surface area contributed by atoms with Crippen molar-refractivity contribution in [1.29, 1.82) is 0 Å². The fraction of sp³-hybridized carbons (Fsp3) is 0.143. The van der Waals surface area contributed by atoms with Gasteiger partial charge in [0.05, 0.1) is 12.0 Å². The molecular formula is C21H16ClN3O4. The molecule has 0 saturated heterocycles. The number of carbonyl (C=O) groups is 2. The smallest absolute Gasteiger partial charge is 0.357 e. The predicted molar refractivity (Wildman–Crippen MR) is 105 cm³/mol. The number of nitrogens with zero attached hydrogens (tertiary/aromatic N) is 3. The highest BCUT2D eigenvalue weighted by molar-refractivity contribution is 6.30. The van der Waals surface area contributed by atoms with E-state index in [0.717, 1.165) is 5.56 Å². The second-order valence-corrected chi connectivity index (χ2v) is 6.75. The van der Waals surface area contributed by atoms with Crippen LogP contribution in [0, 0.1) is 0 Å². The van der Waals surface area contributed by atoms with Gasteiger partial charge in [-0.2, -0.15) is 5.10 Å². The molecule has 29 heavy (non-hydrogen) atoms. The van der Waals surface area contributed by atoms with Gasteiger partial charge in [-0.1, -0.05) is 29.8 Å². The highest BCUT2D eigenvalue weighted by atomic mass is 35.5. The van der Waals surface area contributed by atoms with Crippen molar-refractivity contribution >= 4 is 29.2 Å². The number of ether oxygens (including phenoxy) is 1. The first-order valence-electron chi connectivity index (χ1n) is 8.89. The molecule has 0 unspecified atom stereocenters. The van der Waals surface area contributed by atoms with Crippen molar-refractivity contribution in [2.45, 2.75) is 12.5 Å². The Morgan fingerprint density at radius 2 is 1.97 bits per heavy atom. The quantitative estimate of drug-likeness (QED) is 0.597. The van der Waals surface area contributed by atoms with Gasteiger partial charge in [0.2, 0.25) is 0 Å². The zero-order chi connectivity index (χ0) is 20.2. The van der Waals surface area contributed by atoms with E-state index in [1.807, 2.05) is 12.1 Å². The summed E-state index contributed by atoms with van der Waals surface area (Å²) >= 11 is 5.96. The molecule has 146 valence electrons. The summed E-state index contributed by atoms with van der Waals surface area (Å²) in [6, 6.07) is 15.2. The van der Waals surface area contributed by atoms with Gasteiger partial charge in [-0.25, -0.2) is 14.8 Å². The van der Waals surface area contributed by atoms with E-state index >= 15 is 0 Å². The van der Waals surface area contributed by atoms with E-state index < -0.39 is 24.5 Å². The first kappa shape index (κ1) is 18.9. The Morgan fingerprint density at radius 3 is 2.66 bits per heavy atom. The van der Waals surface area contributed by atoms with Crippen LogP contribution in [0.15, 0.2) is 76.6 Å². The molecule has 1 aliphatic rings. The van der Waals surface area contributed by atoms with Gasteiger partial charge in [0.1, 0.15) is 17.5 Å². The van der Waals surface area contributed by atoms with Crippen molar-refractivity contribution in [3.63, 3.8) is 0 Å². The van der Waals surface area contributed by atoms with Gasteiger partial charge < -0.3 is 9.15 Å². The van der Waals surface area contributed by atoms with Crippen LogP contribution in [-0.2, 0) is 9.53 Å².